The average molecular weight is 483 g/mol. The number of ether oxygens (including phenoxy) is 1. The summed E-state index contributed by atoms with van der Waals surface area (Å²) in [5.41, 5.74) is 4.19. The minimum absolute atomic E-state index is 0.0798. The maximum Gasteiger partial charge on any atom is 0.407 e. The number of hydrogen-bond acceptors (Lipinski definition) is 5. The quantitative estimate of drug-likeness (QED) is 0.410. The minimum atomic E-state index is -1.10. The number of benzene rings is 2. The number of alkyl carbamates (subject to hydrolysis) is 1. The van der Waals surface area contributed by atoms with Gasteiger partial charge in [0.25, 0.3) is 0 Å². The Morgan fingerprint density at radius 2 is 1.54 bits per heavy atom. The molecule has 0 spiro atoms. The van der Waals surface area contributed by atoms with Crippen LogP contribution in [0.4, 0.5) is 4.79 Å². The maximum atomic E-state index is 12.8. The van der Waals surface area contributed by atoms with Crippen LogP contribution in [0.5, 0.6) is 0 Å². The van der Waals surface area contributed by atoms with Crippen molar-refractivity contribution < 1.29 is 29.3 Å². The first kappa shape index (κ1) is 26.2. The molecule has 0 radical (unpaired) electrons. The minimum Gasteiger partial charge on any atom is -0.481 e. The number of carbonyl (C=O) groups is 3. The molecule has 0 saturated carbocycles. The van der Waals surface area contributed by atoms with Crippen molar-refractivity contribution in [2.75, 3.05) is 13.2 Å². The van der Waals surface area contributed by atoms with Gasteiger partial charge in [-0.2, -0.15) is 0 Å². The summed E-state index contributed by atoms with van der Waals surface area (Å²) < 4.78 is 5.51. The van der Waals surface area contributed by atoms with Crippen molar-refractivity contribution in [1.82, 2.24) is 10.6 Å². The Kier molecular flexibility index (Phi) is 8.51. The zero-order valence-electron chi connectivity index (χ0n) is 20.4. The number of carbonyl (C=O) groups excluding carboxylic acids is 2. The highest BCUT2D eigenvalue weighted by atomic mass is 16.5. The van der Waals surface area contributed by atoms with Gasteiger partial charge in [-0.15, -0.1) is 0 Å². The number of aliphatic hydroxyl groups excluding tert-OH is 1. The van der Waals surface area contributed by atoms with Crippen LogP contribution in [0.25, 0.3) is 11.1 Å². The van der Waals surface area contributed by atoms with E-state index in [0.717, 1.165) is 22.3 Å². The maximum absolute atomic E-state index is 12.8. The third-order valence-corrected chi connectivity index (χ3v) is 6.02. The molecule has 0 bridgehead atoms. The largest absolute Gasteiger partial charge is 0.481 e. The van der Waals surface area contributed by atoms with Crippen LogP contribution in [0, 0.1) is 5.41 Å². The smallest absolute Gasteiger partial charge is 0.407 e. The molecule has 0 heterocycles. The molecular formula is C27H34N2O6. The number of nitrogens with one attached hydrogen (secondary N) is 2. The van der Waals surface area contributed by atoms with E-state index in [2.05, 4.69) is 10.6 Å². The predicted molar refractivity (Wildman–Crippen MR) is 132 cm³/mol. The second-order valence-electron chi connectivity index (χ2n) is 10.1. The fourth-order valence-corrected chi connectivity index (χ4v) is 4.52. The van der Waals surface area contributed by atoms with Crippen LogP contribution in [-0.2, 0) is 14.3 Å². The molecule has 2 aromatic rings. The number of rotatable bonds is 10. The normalized spacial score (nSPS) is 14.4. The standard InChI is InChI=1S/C27H34N2O6/c1-27(2,3)14-17(15-30)28-25(33)23(12-13-24(31)32)29-26(34)35-16-22-20-10-6-4-8-18(20)19-9-5-7-11-21(19)22/h4-11,17,22-23,30H,12-16H2,1-3H3,(H,28,33)(H,29,34)(H,31,32). The SMILES string of the molecule is CC(C)(C)CC(CO)NC(=O)C(CCC(=O)O)NC(=O)OCC1c2ccccc2-c2ccccc21. The molecule has 35 heavy (non-hydrogen) atoms. The lowest BCUT2D eigenvalue weighted by Crippen LogP contribution is -2.51. The highest BCUT2D eigenvalue weighted by Crippen LogP contribution is 2.44. The Morgan fingerprint density at radius 1 is 0.971 bits per heavy atom. The van der Waals surface area contributed by atoms with Gasteiger partial charge in [-0.05, 0) is 40.5 Å². The van der Waals surface area contributed by atoms with E-state index in [-0.39, 0.29) is 37.4 Å². The monoisotopic (exact) mass is 482 g/mol. The molecule has 188 valence electrons. The van der Waals surface area contributed by atoms with Gasteiger partial charge in [0.05, 0.1) is 12.6 Å². The molecule has 2 amide bonds. The van der Waals surface area contributed by atoms with Crippen LogP contribution < -0.4 is 10.6 Å². The second kappa shape index (κ2) is 11.4. The molecule has 0 aromatic heterocycles. The van der Waals surface area contributed by atoms with Crippen LogP contribution in [0.3, 0.4) is 0 Å². The first-order chi connectivity index (χ1) is 16.6. The van der Waals surface area contributed by atoms with Gasteiger partial charge in [-0.25, -0.2) is 4.79 Å². The van der Waals surface area contributed by atoms with Gasteiger partial charge in [-0.1, -0.05) is 69.3 Å². The van der Waals surface area contributed by atoms with Gasteiger partial charge in [0.1, 0.15) is 12.6 Å². The number of fused-ring (bicyclic) bond motifs is 3. The van der Waals surface area contributed by atoms with E-state index in [1.54, 1.807) is 0 Å². The molecule has 2 unspecified atom stereocenters. The molecule has 1 aliphatic carbocycles. The molecule has 0 saturated heterocycles. The molecule has 2 aromatic carbocycles. The van der Waals surface area contributed by atoms with E-state index >= 15 is 0 Å². The van der Waals surface area contributed by atoms with Crippen molar-refractivity contribution in [2.45, 2.75) is 58.0 Å². The summed E-state index contributed by atoms with van der Waals surface area (Å²) in [6, 6.07) is 14.3. The summed E-state index contributed by atoms with van der Waals surface area (Å²) in [5.74, 6) is -1.77. The molecule has 4 N–H and O–H groups in total. The summed E-state index contributed by atoms with van der Waals surface area (Å²) in [6.45, 7) is 5.77. The number of aliphatic hydroxyl groups is 1. The summed E-state index contributed by atoms with van der Waals surface area (Å²) in [5, 5.41) is 24.0. The topological polar surface area (TPSA) is 125 Å². The van der Waals surface area contributed by atoms with Crippen molar-refractivity contribution >= 4 is 18.0 Å². The lowest BCUT2D eigenvalue weighted by Gasteiger charge is -2.27. The summed E-state index contributed by atoms with van der Waals surface area (Å²) in [7, 11) is 0. The van der Waals surface area contributed by atoms with Crippen molar-refractivity contribution in [1.29, 1.82) is 0 Å². The summed E-state index contributed by atoms with van der Waals surface area (Å²) in [4.78, 5) is 36.6. The fraction of sp³-hybridized carbons (Fsp3) is 0.444. The van der Waals surface area contributed by atoms with Gasteiger partial charge in [0, 0.05) is 12.3 Å². The molecule has 0 fully saturated rings. The number of aliphatic carboxylic acids is 1. The Labute approximate surface area is 205 Å². The van der Waals surface area contributed by atoms with Gasteiger partial charge in [0.2, 0.25) is 5.91 Å². The summed E-state index contributed by atoms with van der Waals surface area (Å²) in [6.07, 6.45) is -0.677. The van der Waals surface area contributed by atoms with Crippen LogP contribution in [0.2, 0.25) is 0 Å². The fourth-order valence-electron chi connectivity index (χ4n) is 4.52. The van der Waals surface area contributed by atoms with Crippen molar-refractivity contribution in [3.8, 4) is 11.1 Å². The molecule has 0 aliphatic heterocycles. The molecule has 8 nitrogen and oxygen atoms in total. The van der Waals surface area contributed by atoms with Gasteiger partial charge in [-0.3, -0.25) is 9.59 Å². The number of carboxylic acid groups (broad SMARTS) is 1. The van der Waals surface area contributed by atoms with Crippen LogP contribution in [0.15, 0.2) is 48.5 Å². The Bertz CT molecular complexity index is 1020. The van der Waals surface area contributed by atoms with E-state index in [0.29, 0.717) is 6.42 Å². The Hall–Kier alpha value is -3.39. The van der Waals surface area contributed by atoms with Crippen molar-refractivity contribution in [3.63, 3.8) is 0 Å². The number of carboxylic acids is 1. The molecule has 1 aliphatic rings. The number of hydrogen-bond donors (Lipinski definition) is 4. The zero-order valence-corrected chi connectivity index (χ0v) is 20.4. The van der Waals surface area contributed by atoms with E-state index < -0.39 is 30.1 Å². The second-order valence-corrected chi connectivity index (χ2v) is 10.1. The highest BCUT2D eigenvalue weighted by molar-refractivity contribution is 5.86. The zero-order chi connectivity index (χ0) is 25.6. The Balaban J connectivity index is 1.66. The first-order valence-corrected chi connectivity index (χ1v) is 11.8. The average Bonchev–Trinajstić information content (AvgIpc) is 3.12. The van der Waals surface area contributed by atoms with Crippen LogP contribution >= 0.6 is 0 Å². The van der Waals surface area contributed by atoms with Gasteiger partial charge in [0.15, 0.2) is 0 Å². The van der Waals surface area contributed by atoms with Gasteiger partial charge >= 0.3 is 12.1 Å². The highest BCUT2D eigenvalue weighted by Gasteiger charge is 2.30. The summed E-state index contributed by atoms with van der Waals surface area (Å²) >= 11 is 0. The predicted octanol–water partition coefficient (Wildman–Crippen LogP) is 3.67. The van der Waals surface area contributed by atoms with E-state index in [4.69, 9.17) is 9.84 Å². The molecular weight excluding hydrogens is 448 g/mol. The van der Waals surface area contributed by atoms with Crippen molar-refractivity contribution in [2.24, 2.45) is 5.41 Å². The third-order valence-electron chi connectivity index (χ3n) is 6.02. The first-order valence-electron chi connectivity index (χ1n) is 11.8. The lowest BCUT2D eigenvalue weighted by atomic mass is 9.88. The van der Waals surface area contributed by atoms with E-state index in [1.165, 1.54) is 0 Å². The van der Waals surface area contributed by atoms with Crippen LogP contribution in [-0.4, -0.2) is 53.5 Å². The molecule has 2 atom stereocenters. The van der Waals surface area contributed by atoms with Gasteiger partial charge < -0.3 is 25.6 Å². The van der Waals surface area contributed by atoms with Crippen LogP contribution in [0.1, 0.15) is 57.1 Å². The van der Waals surface area contributed by atoms with Crippen molar-refractivity contribution in [3.05, 3.63) is 59.7 Å². The third kappa shape index (κ3) is 7.05. The lowest BCUT2D eigenvalue weighted by molar-refractivity contribution is -0.137. The number of amides is 2. The Morgan fingerprint density at radius 3 is 2.06 bits per heavy atom. The molecule has 8 heteroatoms. The molecule has 3 rings (SSSR count). The van der Waals surface area contributed by atoms with E-state index in [9.17, 15) is 19.5 Å². The van der Waals surface area contributed by atoms with E-state index in [1.807, 2.05) is 69.3 Å².